The number of rotatable bonds is 1. The summed E-state index contributed by atoms with van der Waals surface area (Å²) >= 11 is 0.688. The summed E-state index contributed by atoms with van der Waals surface area (Å²) in [6, 6.07) is -0.0415. The van der Waals surface area contributed by atoms with E-state index in [9.17, 15) is 13.2 Å². The number of thiazole rings is 1. The minimum atomic E-state index is -4.35. The fourth-order valence-electron chi connectivity index (χ4n) is 1.71. The van der Waals surface area contributed by atoms with E-state index in [2.05, 4.69) is 4.98 Å². The average Bonchev–Trinajstić information content (AvgIpc) is 2.65. The van der Waals surface area contributed by atoms with Crippen LogP contribution in [0.25, 0.3) is 5.57 Å². The van der Waals surface area contributed by atoms with Crippen LogP contribution in [0.15, 0.2) is 12.3 Å². The number of hydrogen-bond donors (Lipinski definition) is 1. The van der Waals surface area contributed by atoms with Crippen LogP contribution in [-0.4, -0.2) is 11.0 Å². The molecule has 88 valence electrons. The van der Waals surface area contributed by atoms with Crippen LogP contribution in [0.4, 0.5) is 13.2 Å². The van der Waals surface area contributed by atoms with Gasteiger partial charge in [0.25, 0.3) is 0 Å². The van der Waals surface area contributed by atoms with Gasteiger partial charge in [-0.15, -0.1) is 11.3 Å². The van der Waals surface area contributed by atoms with E-state index in [4.69, 9.17) is 5.73 Å². The smallest absolute Gasteiger partial charge is 0.324 e. The molecule has 0 saturated carbocycles. The van der Waals surface area contributed by atoms with E-state index in [-0.39, 0.29) is 6.04 Å². The van der Waals surface area contributed by atoms with Crippen LogP contribution in [0.1, 0.15) is 29.1 Å². The molecule has 1 unspecified atom stereocenters. The van der Waals surface area contributed by atoms with E-state index in [1.54, 1.807) is 0 Å². The van der Waals surface area contributed by atoms with Crippen LogP contribution < -0.4 is 5.73 Å². The summed E-state index contributed by atoms with van der Waals surface area (Å²) < 4.78 is 37.0. The number of allylic oxidation sites excluding steroid dienone is 1. The lowest BCUT2D eigenvalue weighted by Gasteiger charge is -2.16. The van der Waals surface area contributed by atoms with Crippen molar-refractivity contribution in [2.75, 3.05) is 0 Å². The highest BCUT2D eigenvalue weighted by molar-refractivity contribution is 7.12. The van der Waals surface area contributed by atoms with E-state index in [1.807, 2.05) is 6.08 Å². The summed E-state index contributed by atoms with van der Waals surface area (Å²) in [5.74, 6) is 0. The van der Waals surface area contributed by atoms with Crippen molar-refractivity contribution in [1.82, 2.24) is 4.98 Å². The summed E-state index contributed by atoms with van der Waals surface area (Å²) in [7, 11) is 0. The molecule has 0 fully saturated rings. The maximum Gasteiger partial charge on any atom is 0.443 e. The van der Waals surface area contributed by atoms with E-state index in [0.29, 0.717) is 16.2 Å². The molecule has 16 heavy (non-hydrogen) atoms. The summed E-state index contributed by atoms with van der Waals surface area (Å²) in [5.41, 5.74) is 6.64. The maximum absolute atomic E-state index is 12.3. The normalized spacial score (nSPS) is 22.0. The molecule has 1 atom stereocenters. The SMILES string of the molecule is NC1C=C(c2cnc(C(F)(F)F)s2)CCC1. The zero-order chi connectivity index (χ0) is 11.8. The summed E-state index contributed by atoms with van der Waals surface area (Å²) in [6.07, 6.45) is 1.39. The first-order chi connectivity index (χ1) is 7.47. The van der Waals surface area contributed by atoms with Crippen LogP contribution in [0, 0.1) is 0 Å². The molecule has 1 aliphatic rings. The van der Waals surface area contributed by atoms with Gasteiger partial charge in [-0.2, -0.15) is 13.2 Å². The van der Waals surface area contributed by atoms with E-state index < -0.39 is 11.2 Å². The predicted octanol–water partition coefficient (Wildman–Crippen LogP) is 3.06. The second-order valence-corrected chi connectivity index (χ2v) is 4.81. The Balaban J connectivity index is 2.25. The lowest BCUT2D eigenvalue weighted by molar-refractivity contribution is -0.137. The first kappa shape index (κ1) is 11.6. The monoisotopic (exact) mass is 248 g/mol. The first-order valence-corrected chi connectivity index (χ1v) is 5.78. The van der Waals surface area contributed by atoms with Gasteiger partial charge in [0.05, 0.1) is 4.88 Å². The minimum Gasteiger partial charge on any atom is -0.324 e. The molecule has 0 amide bonds. The molecule has 1 heterocycles. The third kappa shape index (κ3) is 2.44. The van der Waals surface area contributed by atoms with E-state index in [0.717, 1.165) is 24.8 Å². The lowest BCUT2D eigenvalue weighted by Crippen LogP contribution is -2.19. The fraction of sp³-hybridized carbons (Fsp3) is 0.500. The largest absolute Gasteiger partial charge is 0.443 e. The van der Waals surface area contributed by atoms with Gasteiger partial charge in [0, 0.05) is 12.2 Å². The maximum atomic E-state index is 12.3. The molecule has 2 rings (SSSR count). The Morgan fingerprint density at radius 2 is 2.19 bits per heavy atom. The van der Waals surface area contributed by atoms with Crippen molar-refractivity contribution in [2.24, 2.45) is 5.73 Å². The zero-order valence-electron chi connectivity index (χ0n) is 8.42. The van der Waals surface area contributed by atoms with Crippen molar-refractivity contribution in [2.45, 2.75) is 31.5 Å². The Kier molecular flexibility index (Phi) is 3.03. The Morgan fingerprint density at radius 1 is 1.44 bits per heavy atom. The Bertz CT molecular complexity index is 408. The van der Waals surface area contributed by atoms with Crippen LogP contribution in [0.2, 0.25) is 0 Å². The average molecular weight is 248 g/mol. The molecule has 1 aliphatic carbocycles. The highest BCUT2D eigenvalue weighted by Gasteiger charge is 2.34. The van der Waals surface area contributed by atoms with Crippen molar-refractivity contribution in [1.29, 1.82) is 0 Å². The zero-order valence-corrected chi connectivity index (χ0v) is 9.24. The second-order valence-electron chi connectivity index (χ2n) is 3.78. The van der Waals surface area contributed by atoms with Gasteiger partial charge in [-0.3, -0.25) is 0 Å². The highest BCUT2D eigenvalue weighted by atomic mass is 32.1. The molecule has 0 spiro atoms. The van der Waals surface area contributed by atoms with Gasteiger partial charge >= 0.3 is 6.18 Å². The molecule has 6 heteroatoms. The van der Waals surface area contributed by atoms with Crippen LogP contribution in [0.3, 0.4) is 0 Å². The van der Waals surface area contributed by atoms with Crippen LogP contribution >= 0.6 is 11.3 Å². The van der Waals surface area contributed by atoms with Gasteiger partial charge in [0.2, 0.25) is 0 Å². The molecule has 1 aromatic rings. The molecule has 0 radical (unpaired) electrons. The number of halogens is 3. The van der Waals surface area contributed by atoms with Gasteiger partial charge in [-0.1, -0.05) is 6.08 Å². The van der Waals surface area contributed by atoms with Crippen LogP contribution in [-0.2, 0) is 6.18 Å². The second kappa shape index (κ2) is 4.18. The van der Waals surface area contributed by atoms with E-state index in [1.165, 1.54) is 6.20 Å². The van der Waals surface area contributed by atoms with Crippen molar-refractivity contribution in [3.8, 4) is 0 Å². The molecule has 0 bridgehead atoms. The molecular formula is C10H11F3N2S. The van der Waals surface area contributed by atoms with Crippen LogP contribution in [0.5, 0.6) is 0 Å². The summed E-state index contributed by atoms with van der Waals surface area (Å²) in [6.45, 7) is 0. The van der Waals surface area contributed by atoms with Crippen molar-refractivity contribution in [3.63, 3.8) is 0 Å². The molecule has 1 aromatic heterocycles. The Morgan fingerprint density at radius 3 is 2.75 bits per heavy atom. The van der Waals surface area contributed by atoms with E-state index >= 15 is 0 Å². The molecule has 0 saturated heterocycles. The topological polar surface area (TPSA) is 38.9 Å². The third-order valence-electron chi connectivity index (χ3n) is 2.46. The van der Waals surface area contributed by atoms with Gasteiger partial charge in [-0.25, -0.2) is 4.98 Å². The van der Waals surface area contributed by atoms with Gasteiger partial charge in [0.1, 0.15) is 0 Å². The Hall–Kier alpha value is -0.880. The van der Waals surface area contributed by atoms with Crippen molar-refractivity contribution >= 4 is 16.9 Å². The number of nitrogens with two attached hydrogens (primary N) is 1. The fourth-order valence-corrected chi connectivity index (χ4v) is 2.55. The number of hydrogen-bond acceptors (Lipinski definition) is 3. The summed E-state index contributed by atoms with van der Waals surface area (Å²) in [5, 5.41) is -0.789. The third-order valence-corrected chi connectivity index (χ3v) is 3.58. The highest BCUT2D eigenvalue weighted by Crippen LogP contribution is 2.36. The minimum absolute atomic E-state index is 0.0415. The molecule has 0 aromatic carbocycles. The number of nitrogens with zero attached hydrogens (tertiary/aromatic N) is 1. The molecular weight excluding hydrogens is 237 g/mol. The van der Waals surface area contributed by atoms with Crippen molar-refractivity contribution in [3.05, 3.63) is 22.2 Å². The lowest BCUT2D eigenvalue weighted by atomic mass is 9.96. The van der Waals surface area contributed by atoms with Gasteiger partial charge < -0.3 is 5.73 Å². The Labute approximate surface area is 95.0 Å². The molecule has 2 nitrogen and oxygen atoms in total. The standard InChI is InChI=1S/C10H11F3N2S/c11-10(12,13)9-15-5-8(16-9)6-2-1-3-7(14)4-6/h4-5,7H,1-3,14H2. The number of alkyl halides is 3. The van der Waals surface area contributed by atoms with Gasteiger partial charge in [0.15, 0.2) is 5.01 Å². The summed E-state index contributed by atoms with van der Waals surface area (Å²) in [4.78, 5) is 3.99. The quantitative estimate of drug-likeness (QED) is 0.829. The van der Waals surface area contributed by atoms with Crippen molar-refractivity contribution < 1.29 is 13.2 Å². The predicted molar refractivity (Wildman–Crippen MR) is 56.9 cm³/mol. The van der Waals surface area contributed by atoms with Gasteiger partial charge in [-0.05, 0) is 24.8 Å². The molecule has 2 N–H and O–H groups in total. The number of aromatic nitrogens is 1. The first-order valence-electron chi connectivity index (χ1n) is 4.96. The molecule has 0 aliphatic heterocycles.